The third-order valence-corrected chi connectivity index (χ3v) is 8.08. The van der Waals surface area contributed by atoms with Crippen molar-refractivity contribution in [2.24, 2.45) is 9.98 Å². The number of aromatic nitrogens is 3. The Balaban J connectivity index is 0.000000157. The van der Waals surface area contributed by atoms with E-state index in [1.54, 1.807) is 25.2 Å². The largest absolute Gasteiger partial charge is 0.364 e. The minimum absolute atomic E-state index is 0.438. The lowest BCUT2D eigenvalue weighted by molar-refractivity contribution is -0.125. The predicted molar refractivity (Wildman–Crippen MR) is 175 cm³/mol. The summed E-state index contributed by atoms with van der Waals surface area (Å²) in [5.74, 6) is 1.15. The Morgan fingerprint density at radius 2 is 1.41 bits per heavy atom. The summed E-state index contributed by atoms with van der Waals surface area (Å²) in [7, 11) is 1.61. The van der Waals surface area contributed by atoms with Crippen LogP contribution in [-0.4, -0.2) is 50.5 Å². The van der Waals surface area contributed by atoms with Gasteiger partial charge in [0.2, 0.25) is 6.23 Å². The van der Waals surface area contributed by atoms with E-state index in [-0.39, 0.29) is 0 Å². The molecule has 44 heavy (non-hydrogen) atoms. The van der Waals surface area contributed by atoms with E-state index in [4.69, 9.17) is 39.8 Å². The van der Waals surface area contributed by atoms with E-state index in [1.165, 1.54) is 4.90 Å². The second kappa shape index (κ2) is 12.3. The zero-order chi connectivity index (χ0) is 31.0. The molecule has 2 aliphatic rings. The SMILES string of the molecule is CN1C(=O)C(O)N=C(c2ccccc2)c2cc(Cl)ccc21.Cc1nnc2n1-c1ccc(Cl)cc1C(c1ccccc1Cl)=NC2. The molecule has 0 radical (unpaired) electrons. The van der Waals surface area contributed by atoms with E-state index < -0.39 is 12.1 Å². The predicted octanol–water partition coefficient (Wildman–Crippen LogP) is 6.71. The molecule has 2 aliphatic heterocycles. The van der Waals surface area contributed by atoms with Crippen molar-refractivity contribution >= 4 is 57.8 Å². The highest BCUT2D eigenvalue weighted by molar-refractivity contribution is 6.36. The fourth-order valence-corrected chi connectivity index (χ4v) is 5.76. The van der Waals surface area contributed by atoms with Gasteiger partial charge in [-0.3, -0.25) is 14.4 Å². The maximum atomic E-state index is 12.1. The zero-order valence-corrected chi connectivity index (χ0v) is 25.9. The number of hydrogen-bond acceptors (Lipinski definition) is 6. The maximum absolute atomic E-state index is 12.1. The number of rotatable bonds is 2. The number of fused-ring (bicyclic) bond motifs is 4. The summed E-state index contributed by atoms with van der Waals surface area (Å²) in [5.41, 5.74) is 6.36. The quantitative estimate of drug-likeness (QED) is 0.231. The van der Waals surface area contributed by atoms with Crippen LogP contribution in [0.4, 0.5) is 5.69 Å². The molecule has 1 aromatic heterocycles. The molecule has 0 spiro atoms. The lowest BCUT2D eigenvalue weighted by Gasteiger charge is -2.18. The Labute approximate surface area is 268 Å². The van der Waals surface area contributed by atoms with E-state index in [0.29, 0.717) is 33.0 Å². The van der Waals surface area contributed by atoms with Crippen LogP contribution in [-0.2, 0) is 11.3 Å². The van der Waals surface area contributed by atoms with E-state index in [2.05, 4.69) is 15.2 Å². The van der Waals surface area contributed by atoms with Gasteiger partial charge >= 0.3 is 0 Å². The highest BCUT2D eigenvalue weighted by Gasteiger charge is 2.28. The minimum Gasteiger partial charge on any atom is -0.364 e. The van der Waals surface area contributed by atoms with E-state index in [0.717, 1.165) is 45.3 Å². The number of benzodiazepines with no additional fused rings is 1. The molecule has 1 atom stereocenters. The molecule has 7 rings (SSSR count). The van der Waals surface area contributed by atoms with Crippen LogP contribution < -0.4 is 4.90 Å². The minimum atomic E-state index is -1.42. The average molecular weight is 644 g/mol. The van der Waals surface area contributed by atoms with Gasteiger partial charge in [-0.2, -0.15) is 0 Å². The number of anilines is 1. The number of benzene rings is 4. The van der Waals surface area contributed by atoms with Crippen molar-refractivity contribution in [3.05, 3.63) is 140 Å². The number of nitrogens with zero attached hydrogens (tertiary/aromatic N) is 6. The van der Waals surface area contributed by atoms with Gasteiger partial charge in [-0.15, -0.1) is 10.2 Å². The van der Waals surface area contributed by atoms with Crippen LogP contribution in [0, 0.1) is 6.92 Å². The molecule has 1 amide bonds. The number of likely N-dealkylation sites (N-methyl/N-ethyl adjacent to an activating group) is 1. The summed E-state index contributed by atoms with van der Waals surface area (Å²) in [6.07, 6.45) is -1.42. The van der Waals surface area contributed by atoms with Gasteiger partial charge in [0.05, 0.1) is 22.8 Å². The Bertz CT molecular complexity index is 1950. The first-order chi connectivity index (χ1) is 21.2. The second-order valence-corrected chi connectivity index (χ2v) is 11.4. The molecule has 0 saturated heterocycles. The molecule has 11 heteroatoms. The van der Waals surface area contributed by atoms with Crippen LogP contribution >= 0.6 is 34.8 Å². The van der Waals surface area contributed by atoms with Crippen LogP contribution in [0.5, 0.6) is 0 Å². The molecule has 0 aliphatic carbocycles. The Hall–Kier alpha value is -4.34. The normalized spacial score (nSPS) is 15.5. The molecule has 5 aromatic rings. The van der Waals surface area contributed by atoms with Gasteiger partial charge in [-0.05, 0) is 49.4 Å². The van der Waals surface area contributed by atoms with Gasteiger partial charge in [-0.25, -0.2) is 4.99 Å². The standard InChI is InChI=1S/C17H12Cl2N4.C16H13ClN2O2/c1-10-21-22-16-9-20-17(12-4-2-3-5-14(12)19)13-8-11(18)6-7-15(13)23(10)16;1-19-13-8-7-11(17)9-12(13)14(18-15(20)16(19)21)10-5-3-2-4-6-10/h2-8H,9H2,1H3;2-9,15,20H,1H3. The summed E-state index contributed by atoms with van der Waals surface area (Å²) in [6, 6.07) is 28.1. The smallest absolute Gasteiger partial charge is 0.278 e. The lowest BCUT2D eigenvalue weighted by Crippen LogP contribution is -2.34. The number of aliphatic hydroxyl groups is 1. The Kier molecular flexibility index (Phi) is 8.33. The van der Waals surface area contributed by atoms with E-state index in [1.807, 2.05) is 84.3 Å². The molecule has 4 aromatic carbocycles. The number of amides is 1. The number of aliphatic imine (C=N–C) groups is 2. The van der Waals surface area contributed by atoms with Gasteiger partial charge in [0.15, 0.2) is 5.82 Å². The van der Waals surface area contributed by atoms with Crippen molar-refractivity contribution in [2.75, 3.05) is 11.9 Å². The van der Waals surface area contributed by atoms with Crippen molar-refractivity contribution in [3.8, 4) is 5.69 Å². The van der Waals surface area contributed by atoms with Crippen LogP contribution in [0.3, 0.4) is 0 Å². The molecular formula is C33H25Cl3N6O2. The third-order valence-electron chi connectivity index (χ3n) is 7.28. The number of aryl methyl sites for hydroxylation is 1. The van der Waals surface area contributed by atoms with Crippen molar-refractivity contribution in [1.82, 2.24) is 14.8 Å². The number of carbonyl (C=O) groups is 1. The number of carbonyl (C=O) groups excluding carboxylic acids is 1. The second-order valence-electron chi connectivity index (χ2n) is 10.1. The van der Waals surface area contributed by atoms with Crippen molar-refractivity contribution < 1.29 is 9.90 Å². The van der Waals surface area contributed by atoms with Crippen LogP contribution in [0.15, 0.2) is 101 Å². The first-order valence-electron chi connectivity index (χ1n) is 13.6. The van der Waals surface area contributed by atoms with Crippen molar-refractivity contribution in [3.63, 3.8) is 0 Å². The van der Waals surface area contributed by atoms with E-state index in [9.17, 15) is 9.90 Å². The molecule has 0 bridgehead atoms. The Morgan fingerprint density at radius 1 is 0.773 bits per heavy atom. The molecule has 0 fully saturated rings. The van der Waals surface area contributed by atoms with Crippen molar-refractivity contribution in [2.45, 2.75) is 19.7 Å². The highest BCUT2D eigenvalue weighted by atomic mass is 35.5. The summed E-state index contributed by atoms with van der Waals surface area (Å²) in [5, 5.41) is 20.2. The number of aliphatic hydroxyl groups excluding tert-OH is 1. The fraction of sp³-hybridized carbons (Fsp3) is 0.121. The van der Waals surface area contributed by atoms with Gasteiger partial charge in [0.1, 0.15) is 12.4 Å². The fourth-order valence-electron chi connectivity index (χ4n) is 5.19. The highest BCUT2D eigenvalue weighted by Crippen LogP contribution is 2.31. The topological polar surface area (TPSA) is 96.0 Å². The average Bonchev–Trinajstić information content (AvgIpc) is 3.27. The Morgan fingerprint density at radius 3 is 2.11 bits per heavy atom. The lowest BCUT2D eigenvalue weighted by atomic mass is 10.0. The number of halogens is 3. The van der Waals surface area contributed by atoms with Crippen LogP contribution in [0.2, 0.25) is 15.1 Å². The first-order valence-corrected chi connectivity index (χ1v) is 14.8. The van der Waals surface area contributed by atoms with Crippen LogP contribution in [0.1, 0.15) is 33.9 Å². The first kappa shape index (κ1) is 29.7. The zero-order valence-electron chi connectivity index (χ0n) is 23.6. The maximum Gasteiger partial charge on any atom is 0.278 e. The molecule has 0 saturated carbocycles. The molecule has 1 N–H and O–H groups in total. The molecule has 220 valence electrons. The summed E-state index contributed by atoms with van der Waals surface area (Å²) in [4.78, 5) is 22.4. The summed E-state index contributed by atoms with van der Waals surface area (Å²) in [6.45, 7) is 2.36. The van der Waals surface area contributed by atoms with E-state index >= 15 is 0 Å². The molecule has 8 nitrogen and oxygen atoms in total. The number of hydrogen-bond donors (Lipinski definition) is 1. The van der Waals surface area contributed by atoms with Gasteiger partial charge in [-0.1, -0.05) is 83.3 Å². The summed E-state index contributed by atoms with van der Waals surface area (Å²) >= 11 is 18.7. The van der Waals surface area contributed by atoms with Crippen LogP contribution in [0.25, 0.3) is 5.69 Å². The monoisotopic (exact) mass is 642 g/mol. The van der Waals surface area contributed by atoms with Gasteiger partial charge < -0.3 is 10.0 Å². The summed E-state index contributed by atoms with van der Waals surface area (Å²) < 4.78 is 2.01. The van der Waals surface area contributed by atoms with Gasteiger partial charge in [0, 0.05) is 44.4 Å². The van der Waals surface area contributed by atoms with Gasteiger partial charge in [0.25, 0.3) is 5.91 Å². The molecule has 3 heterocycles. The third kappa shape index (κ3) is 5.65. The molecular weight excluding hydrogens is 619 g/mol. The van der Waals surface area contributed by atoms with Crippen molar-refractivity contribution in [1.29, 1.82) is 0 Å². The molecule has 1 unspecified atom stereocenters.